The molecule has 1 N–H and O–H groups in total. The summed E-state index contributed by atoms with van der Waals surface area (Å²) < 4.78 is 5.51. The Morgan fingerprint density at radius 2 is 2.22 bits per heavy atom. The highest BCUT2D eigenvalue weighted by atomic mass is 35.5. The maximum Gasteiger partial charge on any atom is 0.181 e. The van der Waals surface area contributed by atoms with Crippen molar-refractivity contribution in [2.45, 2.75) is 26.8 Å². The van der Waals surface area contributed by atoms with Gasteiger partial charge in [0.2, 0.25) is 0 Å². The lowest BCUT2D eigenvalue weighted by Gasteiger charge is -2.06. The zero-order valence-corrected chi connectivity index (χ0v) is 11.4. The van der Waals surface area contributed by atoms with E-state index in [1.807, 2.05) is 25.1 Å². The van der Waals surface area contributed by atoms with E-state index in [-0.39, 0.29) is 0 Å². The first-order chi connectivity index (χ1) is 8.72. The van der Waals surface area contributed by atoms with Crippen molar-refractivity contribution in [2.75, 3.05) is 6.54 Å². The zero-order chi connectivity index (χ0) is 13.0. The predicted molar refractivity (Wildman–Crippen MR) is 73.7 cm³/mol. The molecular formula is C14H17ClN2O. The van der Waals surface area contributed by atoms with E-state index in [2.05, 4.69) is 17.2 Å². The first-order valence-corrected chi connectivity index (χ1v) is 6.49. The third kappa shape index (κ3) is 2.92. The van der Waals surface area contributed by atoms with Gasteiger partial charge < -0.3 is 9.73 Å². The van der Waals surface area contributed by atoms with Crippen molar-refractivity contribution >= 4 is 11.6 Å². The van der Waals surface area contributed by atoms with Crippen molar-refractivity contribution in [3.63, 3.8) is 0 Å². The number of aromatic nitrogens is 1. The molecule has 1 heterocycles. The molecular weight excluding hydrogens is 248 g/mol. The van der Waals surface area contributed by atoms with Gasteiger partial charge in [-0.05, 0) is 37.6 Å². The average Bonchev–Trinajstić information content (AvgIpc) is 2.81. The number of oxazole rings is 1. The number of rotatable bonds is 5. The van der Waals surface area contributed by atoms with E-state index >= 15 is 0 Å². The summed E-state index contributed by atoms with van der Waals surface area (Å²) in [4.78, 5) is 4.26. The summed E-state index contributed by atoms with van der Waals surface area (Å²) >= 11 is 6.04. The lowest BCUT2D eigenvalue weighted by atomic mass is 10.1. The third-order valence-corrected chi connectivity index (χ3v) is 3.04. The van der Waals surface area contributed by atoms with Gasteiger partial charge in [-0.15, -0.1) is 0 Å². The van der Waals surface area contributed by atoms with Gasteiger partial charge in [-0.3, -0.25) is 0 Å². The van der Waals surface area contributed by atoms with Gasteiger partial charge in [0, 0.05) is 17.1 Å². The molecule has 0 aliphatic heterocycles. The van der Waals surface area contributed by atoms with Crippen LogP contribution in [0, 0.1) is 6.92 Å². The second-order valence-electron chi connectivity index (χ2n) is 4.26. The van der Waals surface area contributed by atoms with Crippen molar-refractivity contribution in [3.05, 3.63) is 40.9 Å². The number of nitrogens with zero attached hydrogens (tertiary/aromatic N) is 1. The second-order valence-corrected chi connectivity index (χ2v) is 4.70. The van der Waals surface area contributed by atoms with E-state index in [4.69, 9.17) is 16.0 Å². The Hall–Kier alpha value is -1.32. The molecule has 1 aromatic carbocycles. The fourth-order valence-electron chi connectivity index (χ4n) is 1.84. The smallest absolute Gasteiger partial charge is 0.181 e. The van der Waals surface area contributed by atoms with E-state index in [0.717, 1.165) is 35.5 Å². The van der Waals surface area contributed by atoms with Crippen LogP contribution >= 0.6 is 11.6 Å². The summed E-state index contributed by atoms with van der Waals surface area (Å²) in [5.74, 6) is 0.804. The molecule has 0 bridgehead atoms. The molecule has 2 rings (SSSR count). The van der Waals surface area contributed by atoms with Crippen molar-refractivity contribution in [3.8, 4) is 11.3 Å². The van der Waals surface area contributed by atoms with Crippen LogP contribution in [0.15, 0.2) is 29.0 Å². The molecule has 0 aliphatic rings. The maximum atomic E-state index is 6.04. The van der Waals surface area contributed by atoms with Gasteiger partial charge in [0.15, 0.2) is 12.2 Å². The molecule has 1 aromatic heterocycles. The highest BCUT2D eigenvalue weighted by Crippen LogP contribution is 2.28. The van der Waals surface area contributed by atoms with Gasteiger partial charge in [0.05, 0.1) is 0 Å². The Balaban J connectivity index is 2.27. The van der Waals surface area contributed by atoms with Gasteiger partial charge in [-0.25, -0.2) is 4.98 Å². The monoisotopic (exact) mass is 264 g/mol. The van der Waals surface area contributed by atoms with Crippen LogP contribution in [-0.2, 0) is 6.54 Å². The highest BCUT2D eigenvalue weighted by Gasteiger charge is 2.13. The summed E-state index contributed by atoms with van der Waals surface area (Å²) in [5, 5.41) is 4.03. The van der Waals surface area contributed by atoms with Crippen LogP contribution in [0.2, 0.25) is 5.02 Å². The second kappa shape index (κ2) is 6.03. The maximum absolute atomic E-state index is 6.04. The lowest BCUT2D eigenvalue weighted by molar-refractivity contribution is 0.569. The van der Waals surface area contributed by atoms with Gasteiger partial charge in [0.25, 0.3) is 0 Å². The fourth-order valence-corrected chi connectivity index (χ4v) is 2.01. The highest BCUT2D eigenvalue weighted by molar-refractivity contribution is 6.30. The van der Waals surface area contributed by atoms with Crippen molar-refractivity contribution in [2.24, 2.45) is 0 Å². The molecule has 18 heavy (non-hydrogen) atoms. The van der Waals surface area contributed by atoms with E-state index in [9.17, 15) is 0 Å². The van der Waals surface area contributed by atoms with E-state index < -0.39 is 0 Å². The molecule has 3 nitrogen and oxygen atoms in total. The normalized spacial score (nSPS) is 10.8. The number of hydrogen-bond acceptors (Lipinski definition) is 3. The number of benzene rings is 1. The molecule has 0 fully saturated rings. The molecule has 4 heteroatoms. The number of halogens is 1. The van der Waals surface area contributed by atoms with Gasteiger partial charge >= 0.3 is 0 Å². The van der Waals surface area contributed by atoms with Gasteiger partial charge in [-0.2, -0.15) is 0 Å². The Bertz CT molecular complexity index is 522. The first kappa shape index (κ1) is 13.1. The SMILES string of the molecule is CCCNCc1ncoc1-c1cc(Cl)ccc1C. The Morgan fingerprint density at radius 1 is 1.39 bits per heavy atom. The molecule has 0 unspecified atom stereocenters. The predicted octanol–water partition coefficient (Wildman–Crippen LogP) is 3.80. The van der Waals surface area contributed by atoms with E-state index in [0.29, 0.717) is 11.6 Å². The topological polar surface area (TPSA) is 38.1 Å². The molecule has 2 aromatic rings. The molecule has 0 aliphatic carbocycles. The summed E-state index contributed by atoms with van der Waals surface area (Å²) in [6.45, 7) is 5.86. The van der Waals surface area contributed by atoms with Crippen molar-refractivity contribution < 1.29 is 4.42 Å². The van der Waals surface area contributed by atoms with E-state index in [1.165, 1.54) is 6.39 Å². The molecule has 0 spiro atoms. The van der Waals surface area contributed by atoms with Crippen LogP contribution < -0.4 is 5.32 Å². The third-order valence-electron chi connectivity index (χ3n) is 2.80. The summed E-state index contributed by atoms with van der Waals surface area (Å²) in [7, 11) is 0. The van der Waals surface area contributed by atoms with Crippen LogP contribution in [0.1, 0.15) is 24.6 Å². The van der Waals surface area contributed by atoms with Crippen LogP contribution in [0.3, 0.4) is 0 Å². The quantitative estimate of drug-likeness (QED) is 0.835. The minimum Gasteiger partial charge on any atom is -0.443 e. The van der Waals surface area contributed by atoms with Crippen LogP contribution in [0.4, 0.5) is 0 Å². The number of hydrogen-bond donors (Lipinski definition) is 1. The minimum atomic E-state index is 0.708. The summed E-state index contributed by atoms with van der Waals surface area (Å²) in [6, 6.07) is 5.79. The fraction of sp³-hybridized carbons (Fsp3) is 0.357. The van der Waals surface area contributed by atoms with Gasteiger partial charge in [-0.1, -0.05) is 24.6 Å². The van der Waals surface area contributed by atoms with Crippen molar-refractivity contribution in [1.82, 2.24) is 10.3 Å². The largest absolute Gasteiger partial charge is 0.443 e. The van der Waals surface area contributed by atoms with E-state index in [1.54, 1.807) is 0 Å². The average molecular weight is 265 g/mol. The standard InChI is InChI=1S/C14H17ClN2O/c1-3-6-16-8-13-14(18-9-17-13)12-7-11(15)5-4-10(12)2/h4-5,7,9,16H,3,6,8H2,1-2H3. The molecule has 0 amide bonds. The summed E-state index contributed by atoms with van der Waals surface area (Å²) in [6.07, 6.45) is 2.59. The molecule has 96 valence electrons. The number of aryl methyl sites for hydroxylation is 1. The van der Waals surface area contributed by atoms with Crippen LogP contribution in [0.5, 0.6) is 0 Å². The molecule has 0 saturated carbocycles. The summed E-state index contributed by atoms with van der Waals surface area (Å²) in [5.41, 5.74) is 3.06. The molecule has 0 atom stereocenters. The van der Waals surface area contributed by atoms with Gasteiger partial charge in [0.1, 0.15) is 5.69 Å². The Kier molecular flexibility index (Phi) is 4.39. The Labute approximate surface area is 112 Å². The Morgan fingerprint density at radius 3 is 3.00 bits per heavy atom. The number of nitrogens with one attached hydrogen (secondary N) is 1. The minimum absolute atomic E-state index is 0.708. The molecule has 0 radical (unpaired) electrons. The molecule has 0 saturated heterocycles. The van der Waals surface area contributed by atoms with Crippen LogP contribution in [0.25, 0.3) is 11.3 Å². The first-order valence-electron chi connectivity index (χ1n) is 6.12. The van der Waals surface area contributed by atoms with Crippen LogP contribution in [-0.4, -0.2) is 11.5 Å². The zero-order valence-electron chi connectivity index (χ0n) is 10.7. The van der Waals surface area contributed by atoms with Crippen molar-refractivity contribution in [1.29, 1.82) is 0 Å². The lowest BCUT2D eigenvalue weighted by Crippen LogP contribution is -2.14.